The Labute approximate surface area is 121 Å². The minimum absolute atomic E-state index is 0.349. The number of aliphatic hydroxyl groups excluding tert-OH is 1. The van der Waals surface area contributed by atoms with Gasteiger partial charge < -0.3 is 9.84 Å². The number of morpholine rings is 1. The van der Waals surface area contributed by atoms with Gasteiger partial charge in [-0.1, -0.05) is 29.8 Å². The Morgan fingerprint density at radius 1 is 1.30 bits per heavy atom. The van der Waals surface area contributed by atoms with Crippen molar-refractivity contribution >= 4 is 0 Å². The number of aryl methyl sites for hydroxylation is 1. The van der Waals surface area contributed by atoms with Gasteiger partial charge in [0.05, 0.1) is 18.8 Å². The standard InChI is InChI=1S/C17H25NO2/c1-13-5-7-14(8-6-13)16(19)9-10-18-11-12-20-17-4-2-3-15(17)18/h5-8,15-17,19H,2-4,9-12H2,1H3. The van der Waals surface area contributed by atoms with Gasteiger partial charge in [0.1, 0.15) is 0 Å². The second-order valence-electron chi connectivity index (χ2n) is 6.16. The first-order chi connectivity index (χ1) is 9.74. The van der Waals surface area contributed by atoms with Gasteiger partial charge in [0, 0.05) is 19.1 Å². The molecule has 2 fully saturated rings. The van der Waals surface area contributed by atoms with E-state index in [1.807, 2.05) is 12.1 Å². The van der Waals surface area contributed by atoms with Crippen molar-refractivity contribution in [3.05, 3.63) is 35.4 Å². The van der Waals surface area contributed by atoms with Crippen LogP contribution in [-0.2, 0) is 4.74 Å². The fourth-order valence-corrected chi connectivity index (χ4v) is 3.53. The molecule has 1 heterocycles. The molecule has 0 aromatic heterocycles. The van der Waals surface area contributed by atoms with E-state index >= 15 is 0 Å². The van der Waals surface area contributed by atoms with E-state index in [1.54, 1.807) is 0 Å². The van der Waals surface area contributed by atoms with Crippen molar-refractivity contribution in [1.29, 1.82) is 0 Å². The van der Waals surface area contributed by atoms with E-state index < -0.39 is 0 Å². The summed E-state index contributed by atoms with van der Waals surface area (Å²) in [5.74, 6) is 0. The molecule has 2 aliphatic rings. The Morgan fingerprint density at radius 2 is 2.10 bits per heavy atom. The summed E-state index contributed by atoms with van der Waals surface area (Å²) in [6.07, 6.45) is 4.66. The average Bonchev–Trinajstić information content (AvgIpc) is 2.94. The van der Waals surface area contributed by atoms with Crippen molar-refractivity contribution in [3.8, 4) is 0 Å². The van der Waals surface area contributed by atoms with Crippen molar-refractivity contribution < 1.29 is 9.84 Å². The maximum absolute atomic E-state index is 10.3. The van der Waals surface area contributed by atoms with Crippen LogP contribution in [-0.4, -0.2) is 41.8 Å². The van der Waals surface area contributed by atoms with E-state index in [4.69, 9.17) is 4.74 Å². The molecule has 3 atom stereocenters. The third kappa shape index (κ3) is 3.05. The zero-order chi connectivity index (χ0) is 13.9. The predicted octanol–water partition coefficient (Wildman–Crippen LogP) is 2.67. The monoisotopic (exact) mass is 275 g/mol. The Morgan fingerprint density at radius 3 is 2.90 bits per heavy atom. The number of hydrogen-bond acceptors (Lipinski definition) is 3. The van der Waals surface area contributed by atoms with Gasteiger partial charge >= 0.3 is 0 Å². The third-order valence-corrected chi connectivity index (χ3v) is 4.75. The summed E-state index contributed by atoms with van der Waals surface area (Å²) in [6, 6.07) is 8.81. The smallest absolute Gasteiger partial charge is 0.0802 e. The molecular weight excluding hydrogens is 250 g/mol. The normalized spacial score (nSPS) is 28.3. The van der Waals surface area contributed by atoms with Crippen molar-refractivity contribution in [3.63, 3.8) is 0 Å². The van der Waals surface area contributed by atoms with Crippen LogP contribution in [0.25, 0.3) is 0 Å². The van der Waals surface area contributed by atoms with E-state index in [-0.39, 0.29) is 6.10 Å². The van der Waals surface area contributed by atoms with E-state index in [0.717, 1.165) is 31.7 Å². The molecular formula is C17H25NO2. The van der Waals surface area contributed by atoms with Gasteiger partial charge in [-0.25, -0.2) is 0 Å². The SMILES string of the molecule is Cc1ccc(C(O)CCN2CCOC3CCCC32)cc1. The first kappa shape index (κ1) is 14.1. The van der Waals surface area contributed by atoms with Gasteiger partial charge in [0.15, 0.2) is 0 Å². The molecule has 0 bridgehead atoms. The molecule has 1 aromatic carbocycles. The second kappa shape index (κ2) is 6.25. The molecule has 1 aromatic rings. The first-order valence-corrected chi connectivity index (χ1v) is 7.84. The zero-order valence-corrected chi connectivity index (χ0v) is 12.3. The molecule has 1 N–H and O–H groups in total. The Bertz CT molecular complexity index is 431. The lowest BCUT2D eigenvalue weighted by atomic mass is 10.0. The minimum Gasteiger partial charge on any atom is -0.388 e. The van der Waals surface area contributed by atoms with Gasteiger partial charge in [0.25, 0.3) is 0 Å². The number of rotatable bonds is 4. The molecule has 3 heteroatoms. The quantitative estimate of drug-likeness (QED) is 0.917. The lowest BCUT2D eigenvalue weighted by Gasteiger charge is -2.38. The lowest BCUT2D eigenvalue weighted by molar-refractivity contribution is -0.0587. The average molecular weight is 275 g/mol. The van der Waals surface area contributed by atoms with Gasteiger partial charge in [0.2, 0.25) is 0 Å². The number of fused-ring (bicyclic) bond motifs is 1. The lowest BCUT2D eigenvalue weighted by Crippen LogP contribution is -2.48. The number of nitrogens with zero attached hydrogens (tertiary/aromatic N) is 1. The molecule has 1 aliphatic heterocycles. The summed E-state index contributed by atoms with van der Waals surface area (Å²) >= 11 is 0. The van der Waals surface area contributed by atoms with E-state index in [0.29, 0.717) is 12.1 Å². The molecule has 1 aliphatic carbocycles. The fourth-order valence-electron chi connectivity index (χ4n) is 3.53. The van der Waals surface area contributed by atoms with E-state index in [9.17, 15) is 5.11 Å². The molecule has 1 saturated heterocycles. The highest BCUT2D eigenvalue weighted by Gasteiger charge is 2.35. The Hall–Kier alpha value is -0.900. The van der Waals surface area contributed by atoms with Gasteiger partial charge in [-0.05, 0) is 38.2 Å². The molecule has 0 radical (unpaired) electrons. The molecule has 0 spiro atoms. The fraction of sp³-hybridized carbons (Fsp3) is 0.647. The largest absolute Gasteiger partial charge is 0.388 e. The van der Waals surface area contributed by atoms with Crippen LogP contribution < -0.4 is 0 Å². The van der Waals surface area contributed by atoms with Crippen molar-refractivity contribution in [1.82, 2.24) is 4.90 Å². The number of ether oxygens (including phenoxy) is 1. The van der Waals surface area contributed by atoms with Gasteiger partial charge in [-0.2, -0.15) is 0 Å². The molecule has 3 unspecified atom stereocenters. The number of hydrogen-bond donors (Lipinski definition) is 1. The predicted molar refractivity (Wildman–Crippen MR) is 79.7 cm³/mol. The Kier molecular flexibility index (Phi) is 4.39. The van der Waals surface area contributed by atoms with Crippen molar-refractivity contribution in [2.75, 3.05) is 19.7 Å². The molecule has 1 saturated carbocycles. The van der Waals surface area contributed by atoms with Crippen molar-refractivity contribution in [2.45, 2.75) is 50.9 Å². The maximum Gasteiger partial charge on any atom is 0.0802 e. The van der Waals surface area contributed by atoms with Crippen LogP contribution in [0.5, 0.6) is 0 Å². The second-order valence-corrected chi connectivity index (χ2v) is 6.16. The van der Waals surface area contributed by atoms with Crippen molar-refractivity contribution in [2.24, 2.45) is 0 Å². The van der Waals surface area contributed by atoms with Crippen LogP contribution in [0.4, 0.5) is 0 Å². The summed E-state index contributed by atoms with van der Waals surface area (Å²) < 4.78 is 5.83. The van der Waals surface area contributed by atoms with E-state index in [1.165, 1.54) is 24.8 Å². The topological polar surface area (TPSA) is 32.7 Å². The van der Waals surface area contributed by atoms with Gasteiger partial charge in [-0.15, -0.1) is 0 Å². The van der Waals surface area contributed by atoms with Crippen LogP contribution >= 0.6 is 0 Å². The summed E-state index contributed by atoms with van der Waals surface area (Å²) in [5, 5.41) is 10.3. The van der Waals surface area contributed by atoms with Crippen LogP contribution in [0.1, 0.15) is 42.9 Å². The maximum atomic E-state index is 10.3. The summed E-state index contributed by atoms with van der Waals surface area (Å²) in [6.45, 7) is 4.91. The van der Waals surface area contributed by atoms with Crippen LogP contribution in [0.2, 0.25) is 0 Å². The summed E-state index contributed by atoms with van der Waals surface area (Å²) in [5.41, 5.74) is 2.27. The molecule has 110 valence electrons. The molecule has 20 heavy (non-hydrogen) atoms. The number of benzene rings is 1. The van der Waals surface area contributed by atoms with Gasteiger partial charge in [-0.3, -0.25) is 4.90 Å². The molecule has 0 amide bonds. The highest BCUT2D eigenvalue weighted by atomic mass is 16.5. The van der Waals surface area contributed by atoms with Crippen LogP contribution in [0.15, 0.2) is 24.3 Å². The zero-order valence-electron chi connectivity index (χ0n) is 12.3. The van der Waals surface area contributed by atoms with Crippen LogP contribution in [0, 0.1) is 6.92 Å². The van der Waals surface area contributed by atoms with E-state index in [2.05, 4.69) is 24.0 Å². The van der Waals surface area contributed by atoms with Crippen LogP contribution in [0.3, 0.4) is 0 Å². The highest BCUT2D eigenvalue weighted by Crippen LogP contribution is 2.30. The third-order valence-electron chi connectivity index (χ3n) is 4.75. The summed E-state index contributed by atoms with van der Waals surface area (Å²) in [7, 11) is 0. The first-order valence-electron chi connectivity index (χ1n) is 7.84. The molecule has 3 rings (SSSR count). The highest BCUT2D eigenvalue weighted by molar-refractivity contribution is 5.23. The molecule has 3 nitrogen and oxygen atoms in total. The number of aliphatic hydroxyl groups is 1. The minimum atomic E-state index is -0.349. The Balaban J connectivity index is 1.54. The summed E-state index contributed by atoms with van der Waals surface area (Å²) in [4.78, 5) is 2.53.